The molecular weight excluding hydrogens is 276 g/mol. The number of ether oxygens (including phenoxy) is 1. The molecule has 0 radical (unpaired) electrons. The molecule has 2 rings (SSSR count). The lowest BCUT2D eigenvalue weighted by molar-refractivity contribution is 0.364. The van der Waals surface area contributed by atoms with Crippen molar-refractivity contribution in [1.29, 1.82) is 0 Å². The van der Waals surface area contributed by atoms with Crippen molar-refractivity contribution < 1.29 is 4.74 Å². The maximum absolute atomic E-state index is 4.78. The van der Waals surface area contributed by atoms with Crippen molar-refractivity contribution >= 4 is 15.9 Å². The molecule has 0 aliphatic heterocycles. The molecule has 0 saturated carbocycles. The van der Waals surface area contributed by atoms with Crippen LogP contribution in [0.25, 0.3) is 5.95 Å². The molecular formula is C8H9BrN6O. The molecule has 2 heterocycles. The lowest BCUT2D eigenvalue weighted by Crippen LogP contribution is -2.08. The first-order valence-corrected chi connectivity index (χ1v) is 5.26. The predicted octanol–water partition coefficient (Wildman–Crippen LogP) is 0.840. The summed E-state index contributed by atoms with van der Waals surface area (Å²) in [4.78, 5) is 0. The first-order chi connectivity index (χ1) is 7.63. The van der Waals surface area contributed by atoms with Gasteiger partial charge in [-0.15, -0.1) is 10.2 Å². The number of aromatic nitrogens is 6. The monoisotopic (exact) mass is 284 g/mol. The molecule has 0 unspecified atom stereocenters. The largest absolute Gasteiger partial charge is 0.465 e. The third-order valence-electron chi connectivity index (χ3n) is 2.03. The molecule has 0 N–H and O–H groups in total. The number of hydrogen-bond acceptors (Lipinski definition) is 6. The fourth-order valence-electron chi connectivity index (χ4n) is 1.20. The van der Waals surface area contributed by atoms with Gasteiger partial charge in [0.25, 0.3) is 5.95 Å². The zero-order valence-corrected chi connectivity index (χ0v) is 10.6. The van der Waals surface area contributed by atoms with Crippen molar-refractivity contribution in [3.05, 3.63) is 15.9 Å². The molecule has 0 bridgehead atoms. The van der Waals surface area contributed by atoms with Gasteiger partial charge in [0.1, 0.15) is 0 Å². The molecule has 0 fully saturated rings. The zero-order valence-electron chi connectivity index (χ0n) is 8.97. The van der Waals surface area contributed by atoms with E-state index in [0.29, 0.717) is 5.95 Å². The standard InChI is InChI=1S/C8H9BrN6O/c1-4-6(9)5(2)15(14-4)7-10-12-8(16-3)13-11-7/h1-3H3. The fourth-order valence-corrected chi connectivity index (χ4v) is 1.45. The van der Waals surface area contributed by atoms with Gasteiger partial charge in [0.05, 0.1) is 23.0 Å². The number of hydrogen-bond donors (Lipinski definition) is 0. The van der Waals surface area contributed by atoms with Crippen LogP contribution < -0.4 is 4.74 Å². The lowest BCUT2D eigenvalue weighted by atomic mass is 10.4. The van der Waals surface area contributed by atoms with Crippen molar-refractivity contribution in [2.75, 3.05) is 7.11 Å². The van der Waals surface area contributed by atoms with Gasteiger partial charge in [0, 0.05) is 0 Å². The number of rotatable bonds is 2. The molecule has 0 aliphatic rings. The summed E-state index contributed by atoms with van der Waals surface area (Å²) in [5.74, 6) is 0.312. The van der Waals surface area contributed by atoms with Crippen molar-refractivity contribution in [2.45, 2.75) is 13.8 Å². The van der Waals surface area contributed by atoms with Crippen LogP contribution in [0.2, 0.25) is 0 Å². The Morgan fingerprint density at radius 1 is 1.12 bits per heavy atom. The van der Waals surface area contributed by atoms with Crippen molar-refractivity contribution in [3.63, 3.8) is 0 Å². The van der Waals surface area contributed by atoms with Crippen molar-refractivity contribution in [2.24, 2.45) is 0 Å². The second-order valence-corrected chi connectivity index (χ2v) is 3.88. The van der Waals surface area contributed by atoms with Gasteiger partial charge in [-0.05, 0) is 29.8 Å². The summed E-state index contributed by atoms with van der Waals surface area (Å²) in [6.07, 6.45) is 0. The van der Waals surface area contributed by atoms with Gasteiger partial charge in [-0.1, -0.05) is 10.2 Å². The summed E-state index contributed by atoms with van der Waals surface area (Å²) in [6.45, 7) is 3.79. The molecule has 0 spiro atoms. The highest BCUT2D eigenvalue weighted by Gasteiger charge is 2.13. The van der Waals surface area contributed by atoms with Gasteiger partial charge in [0.15, 0.2) is 0 Å². The Morgan fingerprint density at radius 3 is 2.19 bits per heavy atom. The summed E-state index contributed by atoms with van der Waals surface area (Å²) in [6, 6.07) is 0.129. The number of halogens is 1. The first kappa shape index (κ1) is 10.9. The van der Waals surface area contributed by atoms with E-state index in [2.05, 4.69) is 41.4 Å². The Morgan fingerprint density at radius 2 is 1.75 bits per heavy atom. The van der Waals surface area contributed by atoms with Crippen LogP contribution in [-0.4, -0.2) is 37.3 Å². The van der Waals surface area contributed by atoms with Crippen LogP contribution in [0.4, 0.5) is 0 Å². The van der Waals surface area contributed by atoms with E-state index in [1.165, 1.54) is 7.11 Å². The molecule has 0 amide bonds. The van der Waals surface area contributed by atoms with Gasteiger partial charge in [-0.2, -0.15) is 9.78 Å². The predicted molar refractivity (Wildman–Crippen MR) is 58.5 cm³/mol. The van der Waals surface area contributed by atoms with Crippen LogP contribution in [0.3, 0.4) is 0 Å². The Balaban J connectivity index is 2.46. The van der Waals surface area contributed by atoms with E-state index in [1.54, 1.807) is 4.68 Å². The summed E-state index contributed by atoms with van der Waals surface area (Å²) < 4.78 is 7.27. The summed E-state index contributed by atoms with van der Waals surface area (Å²) >= 11 is 3.42. The van der Waals surface area contributed by atoms with Crippen LogP contribution in [0.15, 0.2) is 4.47 Å². The summed E-state index contributed by atoms with van der Waals surface area (Å²) in [5, 5.41) is 19.5. The minimum Gasteiger partial charge on any atom is -0.465 e. The van der Waals surface area contributed by atoms with Crippen molar-refractivity contribution in [1.82, 2.24) is 30.2 Å². The highest BCUT2D eigenvalue weighted by Crippen LogP contribution is 2.21. The third-order valence-corrected chi connectivity index (χ3v) is 3.17. The molecule has 0 aromatic carbocycles. The van der Waals surface area contributed by atoms with Gasteiger partial charge < -0.3 is 4.74 Å². The topological polar surface area (TPSA) is 78.6 Å². The van der Waals surface area contributed by atoms with E-state index >= 15 is 0 Å². The Labute approximate surface area is 100.0 Å². The average Bonchev–Trinajstić information content (AvgIpc) is 2.57. The summed E-state index contributed by atoms with van der Waals surface area (Å²) in [7, 11) is 1.46. The zero-order chi connectivity index (χ0) is 11.7. The smallest absolute Gasteiger partial charge is 0.354 e. The van der Waals surface area contributed by atoms with Gasteiger partial charge >= 0.3 is 6.01 Å². The van der Waals surface area contributed by atoms with Gasteiger partial charge in [0.2, 0.25) is 0 Å². The SMILES string of the molecule is COc1nnc(-n2nc(C)c(Br)c2C)nn1. The van der Waals surface area contributed by atoms with Crippen LogP contribution in [0, 0.1) is 13.8 Å². The van der Waals surface area contributed by atoms with Gasteiger partial charge in [-0.3, -0.25) is 0 Å². The van der Waals surface area contributed by atoms with E-state index in [0.717, 1.165) is 15.9 Å². The summed E-state index contributed by atoms with van der Waals surface area (Å²) in [5.41, 5.74) is 1.75. The van der Waals surface area contributed by atoms with Crippen molar-refractivity contribution in [3.8, 4) is 12.0 Å². The molecule has 2 aromatic rings. The number of nitrogens with zero attached hydrogens (tertiary/aromatic N) is 6. The molecule has 0 aliphatic carbocycles. The Hall–Kier alpha value is -1.57. The van der Waals surface area contributed by atoms with Crippen LogP contribution >= 0.6 is 15.9 Å². The number of methoxy groups -OCH3 is 1. The van der Waals surface area contributed by atoms with Gasteiger partial charge in [-0.25, -0.2) is 0 Å². The number of aryl methyl sites for hydroxylation is 1. The molecule has 2 aromatic heterocycles. The third kappa shape index (κ3) is 1.75. The molecule has 0 atom stereocenters. The van der Waals surface area contributed by atoms with E-state index in [-0.39, 0.29) is 6.01 Å². The maximum atomic E-state index is 4.78. The molecule has 84 valence electrons. The quantitative estimate of drug-likeness (QED) is 0.813. The first-order valence-electron chi connectivity index (χ1n) is 4.47. The van der Waals surface area contributed by atoms with E-state index in [4.69, 9.17) is 4.74 Å². The fraction of sp³-hybridized carbons (Fsp3) is 0.375. The minimum absolute atomic E-state index is 0.129. The van der Waals surface area contributed by atoms with Crippen LogP contribution in [0.1, 0.15) is 11.4 Å². The molecule has 7 nitrogen and oxygen atoms in total. The normalized spacial score (nSPS) is 10.5. The average molecular weight is 285 g/mol. The highest BCUT2D eigenvalue weighted by atomic mass is 79.9. The second-order valence-electron chi connectivity index (χ2n) is 3.08. The lowest BCUT2D eigenvalue weighted by Gasteiger charge is -2.00. The Kier molecular flexibility index (Phi) is 2.82. The molecule has 0 saturated heterocycles. The van der Waals surface area contributed by atoms with E-state index < -0.39 is 0 Å². The Bertz CT molecular complexity index is 508. The molecule has 16 heavy (non-hydrogen) atoms. The minimum atomic E-state index is 0.129. The maximum Gasteiger partial charge on any atom is 0.354 e. The van der Waals surface area contributed by atoms with E-state index in [9.17, 15) is 0 Å². The van der Waals surface area contributed by atoms with Crippen LogP contribution in [0.5, 0.6) is 6.01 Å². The molecule has 8 heteroatoms. The second kappa shape index (κ2) is 4.12. The highest BCUT2D eigenvalue weighted by molar-refractivity contribution is 9.10. The van der Waals surface area contributed by atoms with E-state index in [1.807, 2.05) is 13.8 Å². The van der Waals surface area contributed by atoms with Crippen LogP contribution in [-0.2, 0) is 0 Å².